The predicted molar refractivity (Wildman–Crippen MR) is 153 cm³/mol. The molecule has 9 heteroatoms. The Morgan fingerprint density at radius 3 is 2.33 bits per heavy atom. The number of hydrogen-bond donors (Lipinski definition) is 1. The van der Waals surface area contributed by atoms with E-state index in [9.17, 15) is 4.79 Å². The van der Waals surface area contributed by atoms with Crippen molar-refractivity contribution in [2.75, 3.05) is 6.61 Å². The molecule has 0 saturated heterocycles. The average Bonchev–Trinajstić information content (AvgIpc) is 3.05. The van der Waals surface area contributed by atoms with Crippen LogP contribution in [0.4, 0.5) is 0 Å². The highest BCUT2D eigenvalue weighted by Crippen LogP contribution is 2.42. The number of nitrogens with one attached hydrogen (secondary N) is 1. The van der Waals surface area contributed by atoms with Gasteiger partial charge in [-0.25, -0.2) is 10.1 Å². The largest absolute Gasteiger partial charge is 0.481 e. The summed E-state index contributed by atoms with van der Waals surface area (Å²) in [6, 6.07) is 13.7. The Hall–Kier alpha value is -2.16. The first-order valence-electron chi connectivity index (χ1n) is 11.5. The van der Waals surface area contributed by atoms with Crippen molar-refractivity contribution in [3.05, 3.63) is 73.4 Å². The van der Waals surface area contributed by atoms with E-state index in [2.05, 4.69) is 94.2 Å². The molecule has 0 atom stereocenters. The summed E-state index contributed by atoms with van der Waals surface area (Å²) in [5.74, 6) is 0.166. The van der Waals surface area contributed by atoms with Gasteiger partial charge in [0.05, 0.1) is 32.1 Å². The number of nitrogens with zero attached hydrogens (tertiary/aromatic N) is 3. The van der Waals surface area contributed by atoms with E-state index >= 15 is 0 Å². The number of para-hydroxylation sites is 1. The van der Waals surface area contributed by atoms with Gasteiger partial charge in [-0.2, -0.15) is 10.2 Å². The minimum absolute atomic E-state index is 0.0262. The zero-order valence-electron chi connectivity index (χ0n) is 21.3. The minimum Gasteiger partial charge on any atom is -0.481 e. The molecule has 0 bridgehead atoms. The fourth-order valence-electron chi connectivity index (χ4n) is 4.25. The van der Waals surface area contributed by atoms with Gasteiger partial charge in [0.1, 0.15) is 10.9 Å². The van der Waals surface area contributed by atoms with Gasteiger partial charge in [0.25, 0.3) is 5.91 Å². The Labute approximate surface area is 234 Å². The molecular weight excluding hydrogens is 608 g/mol. The molecule has 3 aromatic rings. The standard InChI is InChI=1S/C27H31Br2ClN4O2/c1-17-20(25(30)34(33-17)19-10-8-7-9-11-19)14-31-32-23(35)15-36-24-21(28)12-18(13-22(24)29)27(5,6)16-26(2,3)4/h7-14H,15-16H2,1-6H3,(H,32,35)/b31-14-. The number of aryl methyl sites for hydroxylation is 1. The third-order valence-corrected chi connectivity index (χ3v) is 7.07. The van der Waals surface area contributed by atoms with Crippen molar-refractivity contribution in [3.8, 4) is 11.4 Å². The number of ether oxygens (including phenoxy) is 1. The summed E-state index contributed by atoms with van der Waals surface area (Å²) in [6.07, 6.45) is 2.51. The molecule has 1 amide bonds. The van der Waals surface area contributed by atoms with Crippen LogP contribution in [0.15, 0.2) is 56.5 Å². The third-order valence-electron chi connectivity index (χ3n) is 5.53. The van der Waals surface area contributed by atoms with Crippen molar-refractivity contribution in [1.29, 1.82) is 0 Å². The zero-order chi connectivity index (χ0) is 26.7. The SMILES string of the molecule is Cc1nn(-c2ccccc2)c(Cl)c1/C=N\NC(=O)COc1c(Br)cc(C(C)(C)CC(C)(C)C)cc1Br. The van der Waals surface area contributed by atoms with E-state index in [1.807, 2.05) is 37.3 Å². The molecule has 0 spiro atoms. The summed E-state index contributed by atoms with van der Waals surface area (Å²) in [4.78, 5) is 12.4. The Morgan fingerprint density at radius 2 is 1.75 bits per heavy atom. The molecule has 0 radical (unpaired) electrons. The van der Waals surface area contributed by atoms with Gasteiger partial charge in [-0.3, -0.25) is 4.79 Å². The second kappa shape index (κ2) is 11.5. The molecule has 0 fully saturated rings. The van der Waals surface area contributed by atoms with Crippen LogP contribution in [-0.4, -0.2) is 28.5 Å². The van der Waals surface area contributed by atoms with E-state index in [0.29, 0.717) is 22.2 Å². The van der Waals surface area contributed by atoms with E-state index in [0.717, 1.165) is 21.1 Å². The fraction of sp³-hybridized carbons (Fsp3) is 0.370. The number of carbonyl (C=O) groups excluding carboxylic acids is 1. The number of rotatable bonds is 8. The van der Waals surface area contributed by atoms with Crippen molar-refractivity contribution in [2.45, 2.75) is 53.4 Å². The molecule has 1 aromatic heterocycles. The van der Waals surface area contributed by atoms with Crippen molar-refractivity contribution in [2.24, 2.45) is 10.5 Å². The zero-order valence-corrected chi connectivity index (χ0v) is 25.3. The number of hydrogen-bond acceptors (Lipinski definition) is 4. The molecule has 0 aliphatic heterocycles. The molecule has 192 valence electrons. The maximum absolute atomic E-state index is 12.4. The molecule has 1 heterocycles. The van der Waals surface area contributed by atoms with Crippen LogP contribution in [0.25, 0.3) is 5.69 Å². The topological polar surface area (TPSA) is 68.5 Å². The van der Waals surface area contributed by atoms with Crippen LogP contribution in [0.2, 0.25) is 5.15 Å². The number of benzene rings is 2. The summed E-state index contributed by atoms with van der Waals surface area (Å²) >= 11 is 13.7. The molecule has 0 aliphatic rings. The molecule has 0 saturated carbocycles. The normalized spacial score (nSPS) is 12.2. The Bertz CT molecular complexity index is 1240. The van der Waals surface area contributed by atoms with Gasteiger partial charge < -0.3 is 4.74 Å². The van der Waals surface area contributed by atoms with Crippen LogP contribution in [0.1, 0.15) is 57.9 Å². The second-order valence-corrected chi connectivity index (χ2v) is 12.6. The van der Waals surface area contributed by atoms with E-state index in [4.69, 9.17) is 16.3 Å². The molecule has 3 rings (SSSR count). The first-order chi connectivity index (χ1) is 16.8. The van der Waals surface area contributed by atoms with Gasteiger partial charge in [-0.1, -0.05) is 64.4 Å². The van der Waals surface area contributed by atoms with E-state index in [1.165, 1.54) is 11.8 Å². The Morgan fingerprint density at radius 1 is 1.14 bits per heavy atom. The molecule has 6 nitrogen and oxygen atoms in total. The number of carbonyl (C=O) groups is 1. The number of amides is 1. The van der Waals surface area contributed by atoms with Gasteiger partial charge in [0.15, 0.2) is 6.61 Å². The molecule has 1 N–H and O–H groups in total. The average molecular weight is 639 g/mol. The van der Waals surface area contributed by atoms with Gasteiger partial charge >= 0.3 is 0 Å². The third kappa shape index (κ3) is 7.20. The highest BCUT2D eigenvalue weighted by molar-refractivity contribution is 9.11. The Kier molecular flexibility index (Phi) is 9.06. The van der Waals surface area contributed by atoms with Crippen LogP contribution in [0.5, 0.6) is 5.75 Å². The summed E-state index contributed by atoms with van der Waals surface area (Å²) < 4.78 is 8.97. The number of aromatic nitrogens is 2. The van der Waals surface area contributed by atoms with Gasteiger partial charge in [0, 0.05) is 0 Å². The monoisotopic (exact) mass is 636 g/mol. The molecule has 36 heavy (non-hydrogen) atoms. The highest BCUT2D eigenvalue weighted by atomic mass is 79.9. The smallest absolute Gasteiger partial charge is 0.277 e. The van der Waals surface area contributed by atoms with Crippen LogP contribution in [-0.2, 0) is 10.2 Å². The van der Waals surface area contributed by atoms with Crippen molar-refractivity contribution >= 4 is 55.6 Å². The summed E-state index contributed by atoms with van der Waals surface area (Å²) in [7, 11) is 0. The van der Waals surface area contributed by atoms with Gasteiger partial charge in [-0.05, 0) is 85.9 Å². The van der Waals surface area contributed by atoms with Crippen LogP contribution in [0, 0.1) is 12.3 Å². The van der Waals surface area contributed by atoms with Crippen molar-refractivity contribution in [1.82, 2.24) is 15.2 Å². The minimum atomic E-state index is -0.397. The quantitative estimate of drug-likeness (QED) is 0.204. The first kappa shape index (κ1) is 28.4. The van der Waals surface area contributed by atoms with Crippen molar-refractivity contribution in [3.63, 3.8) is 0 Å². The lowest BCUT2D eigenvalue weighted by Crippen LogP contribution is -2.26. The number of halogens is 3. The number of hydrazone groups is 1. The van der Waals surface area contributed by atoms with Crippen molar-refractivity contribution < 1.29 is 9.53 Å². The van der Waals surface area contributed by atoms with E-state index in [-0.39, 0.29) is 17.4 Å². The van der Waals surface area contributed by atoms with Crippen LogP contribution in [0.3, 0.4) is 0 Å². The first-order valence-corrected chi connectivity index (χ1v) is 13.5. The Balaban J connectivity index is 1.64. The summed E-state index contributed by atoms with van der Waals surface area (Å²) in [5, 5.41) is 8.92. The van der Waals surface area contributed by atoms with Crippen LogP contribution >= 0.6 is 43.5 Å². The molecule has 0 unspecified atom stereocenters. The lowest BCUT2D eigenvalue weighted by atomic mass is 9.72. The van der Waals surface area contributed by atoms with E-state index in [1.54, 1.807) is 4.68 Å². The van der Waals surface area contributed by atoms with Crippen LogP contribution < -0.4 is 10.2 Å². The van der Waals surface area contributed by atoms with Gasteiger partial charge in [0.2, 0.25) is 0 Å². The summed E-state index contributed by atoms with van der Waals surface area (Å²) in [5.41, 5.74) is 5.99. The maximum atomic E-state index is 12.4. The molecular formula is C27H31Br2ClN4O2. The van der Waals surface area contributed by atoms with E-state index < -0.39 is 5.91 Å². The lowest BCUT2D eigenvalue weighted by Gasteiger charge is -2.33. The molecule has 0 aliphatic carbocycles. The highest BCUT2D eigenvalue weighted by Gasteiger charge is 2.28. The summed E-state index contributed by atoms with van der Waals surface area (Å²) in [6.45, 7) is 12.8. The predicted octanol–water partition coefficient (Wildman–Crippen LogP) is 7.60. The van der Waals surface area contributed by atoms with Gasteiger partial charge in [-0.15, -0.1) is 0 Å². The molecule has 2 aromatic carbocycles. The second-order valence-electron chi connectivity index (χ2n) is 10.5. The fourth-order valence-corrected chi connectivity index (χ4v) is 5.99. The maximum Gasteiger partial charge on any atom is 0.277 e. The lowest BCUT2D eigenvalue weighted by molar-refractivity contribution is -0.123.